The van der Waals surface area contributed by atoms with E-state index in [1.165, 1.54) is 5.56 Å². The van der Waals surface area contributed by atoms with Crippen molar-refractivity contribution in [3.05, 3.63) is 29.3 Å². The lowest BCUT2D eigenvalue weighted by Crippen LogP contribution is -2.00. The molecule has 0 aromatic heterocycles. The molecule has 0 heterocycles. The molecule has 0 unspecified atom stereocenters. The molecule has 94 valence electrons. The summed E-state index contributed by atoms with van der Waals surface area (Å²) in [5, 5.41) is 9.69. The number of aryl methyl sites for hydroxylation is 1. The summed E-state index contributed by atoms with van der Waals surface area (Å²) in [6.07, 6.45) is 3.55. The zero-order valence-corrected chi connectivity index (χ0v) is 10.3. The van der Waals surface area contributed by atoms with Crippen LogP contribution in [0.25, 0.3) is 0 Å². The summed E-state index contributed by atoms with van der Waals surface area (Å²) in [6, 6.07) is 5.99. The summed E-state index contributed by atoms with van der Waals surface area (Å²) >= 11 is 0. The van der Waals surface area contributed by atoms with Gasteiger partial charge in [-0.1, -0.05) is 6.07 Å². The van der Waals surface area contributed by atoms with Crippen LogP contribution in [-0.2, 0) is 11.2 Å². The minimum absolute atomic E-state index is 0.277. The Morgan fingerprint density at radius 3 is 2.94 bits per heavy atom. The van der Waals surface area contributed by atoms with Crippen molar-refractivity contribution in [1.29, 1.82) is 0 Å². The van der Waals surface area contributed by atoms with Crippen LogP contribution >= 0.6 is 0 Å². The lowest BCUT2D eigenvalue weighted by molar-refractivity contribution is 0.180. The van der Waals surface area contributed by atoms with Gasteiger partial charge in [0.1, 0.15) is 5.75 Å². The molecular formula is C14H20O3. The van der Waals surface area contributed by atoms with Crippen molar-refractivity contribution < 1.29 is 14.6 Å². The third-order valence-electron chi connectivity index (χ3n) is 3.17. The molecule has 2 rings (SSSR count). The predicted molar refractivity (Wildman–Crippen MR) is 66.3 cm³/mol. The zero-order valence-electron chi connectivity index (χ0n) is 10.3. The van der Waals surface area contributed by atoms with E-state index in [4.69, 9.17) is 9.47 Å². The fourth-order valence-corrected chi connectivity index (χ4v) is 2.20. The van der Waals surface area contributed by atoms with Crippen LogP contribution in [0.4, 0.5) is 0 Å². The average Bonchev–Trinajstić information content (AvgIpc) is 2.71. The summed E-state index contributed by atoms with van der Waals surface area (Å²) < 4.78 is 10.7. The topological polar surface area (TPSA) is 38.7 Å². The third kappa shape index (κ3) is 3.20. The first-order chi connectivity index (χ1) is 8.31. The molecule has 0 radical (unpaired) electrons. The molecule has 0 bridgehead atoms. The van der Waals surface area contributed by atoms with Gasteiger partial charge < -0.3 is 14.6 Å². The van der Waals surface area contributed by atoms with Crippen LogP contribution in [0, 0.1) is 0 Å². The monoisotopic (exact) mass is 236 g/mol. The van der Waals surface area contributed by atoms with Gasteiger partial charge in [-0.3, -0.25) is 0 Å². The lowest BCUT2D eigenvalue weighted by Gasteiger charge is -2.08. The molecule has 0 fully saturated rings. The quantitative estimate of drug-likeness (QED) is 0.771. The Balaban J connectivity index is 1.82. The minimum Gasteiger partial charge on any atom is -0.494 e. The van der Waals surface area contributed by atoms with Crippen LogP contribution in [0.3, 0.4) is 0 Å². The van der Waals surface area contributed by atoms with Crippen molar-refractivity contribution in [3.8, 4) is 5.75 Å². The number of unbranched alkanes of at least 4 members (excludes halogenated alkanes) is 1. The summed E-state index contributed by atoms with van der Waals surface area (Å²) in [4.78, 5) is 0. The maximum atomic E-state index is 9.69. The maximum Gasteiger partial charge on any atom is 0.119 e. The Kier molecular flexibility index (Phi) is 4.40. The highest BCUT2D eigenvalue weighted by atomic mass is 16.5. The van der Waals surface area contributed by atoms with Crippen molar-refractivity contribution in [2.75, 3.05) is 20.3 Å². The molecule has 3 nitrogen and oxygen atoms in total. The van der Waals surface area contributed by atoms with Gasteiger partial charge >= 0.3 is 0 Å². The van der Waals surface area contributed by atoms with Gasteiger partial charge in [-0.15, -0.1) is 0 Å². The van der Waals surface area contributed by atoms with Crippen molar-refractivity contribution in [2.24, 2.45) is 0 Å². The summed E-state index contributed by atoms with van der Waals surface area (Å²) in [7, 11) is 1.71. The summed E-state index contributed by atoms with van der Waals surface area (Å²) in [6.45, 7) is 1.52. The van der Waals surface area contributed by atoms with Crippen molar-refractivity contribution in [3.63, 3.8) is 0 Å². The highest BCUT2D eigenvalue weighted by Crippen LogP contribution is 2.33. The number of rotatable bonds is 6. The van der Waals surface area contributed by atoms with E-state index in [0.29, 0.717) is 0 Å². The summed E-state index contributed by atoms with van der Waals surface area (Å²) in [5.74, 6) is 0.912. The third-order valence-corrected chi connectivity index (χ3v) is 3.17. The van der Waals surface area contributed by atoms with Gasteiger partial charge in [-0.25, -0.2) is 0 Å². The first-order valence-corrected chi connectivity index (χ1v) is 6.24. The van der Waals surface area contributed by atoms with E-state index < -0.39 is 0 Å². The number of aliphatic hydroxyl groups is 1. The van der Waals surface area contributed by atoms with Crippen molar-refractivity contribution in [1.82, 2.24) is 0 Å². The molecule has 1 N–H and O–H groups in total. The number of methoxy groups -OCH3 is 1. The SMILES string of the molecule is COCCCCOc1ccc2c(c1)CC[C@@H]2O. The Morgan fingerprint density at radius 2 is 2.12 bits per heavy atom. The predicted octanol–water partition coefficient (Wildman–Crippen LogP) is 2.47. The lowest BCUT2D eigenvalue weighted by atomic mass is 10.1. The average molecular weight is 236 g/mol. The molecule has 0 aliphatic heterocycles. The van der Waals surface area contributed by atoms with Crippen LogP contribution in [0.2, 0.25) is 0 Å². The standard InChI is InChI=1S/C14H20O3/c1-16-8-2-3-9-17-12-5-6-13-11(10-12)4-7-14(13)15/h5-6,10,14-15H,2-4,7-9H2,1H3/t14-/m0/s1. The van der Waals surface area contributed by atoms with E-state index in [-0.39, 0.29) is 6.10 Å². The molecule has 0 amide bonds. The van der Waals surface area contributed by atoms with E-state index in [1.807, 2.05) is 12.1 Å². The van der Waals surface area contributed by atoms with Gasteiger partial charge in [0.2, 0.25) is 0 Å². The number of ether oxygens (including phenoxy) is 2. The Hall–Kier alpha value is -1.06. The minimum atomic E-state index is -0.277. The van der Waals surface area contributed by atoms with E-state index in [2.05, 4.69) is 6.07 Å². The molecule has 0 spiro atoms. The van der Waals surface area contributed by atoms with E-state index >= 15 is 0 Å². The second-order valence-electron chi connectivity index (χ2n) is 4.46. The first kappa shape index (κ1) is 12.4. The number of hydrogen-bond acceptors (Lipinski definition) is 3. The van der Waals surface area contributed by atoms with E-state index in [0.717, 1.165) is 50.2 Å². The van der Waals surface area contributed by atoms with Gasteiger partial charge in [0.25, 0.3) is 0 Å². The second kappa shape index (κ2) is 6.03. The maximum absolute atomic E-state index is 9.69. The molecule has 0 saturated heterocycles. The van der Waals surface area contributed by atoms with Crippen LogP contribution in [0.1, 0.15) is 36.5 Å². The van der Waals surface area contributed by atoms with Crippen LogP contribution < -0.4 is 4.74 Å². The molecule has 3 heteroatoms. The molecule has 1 aliphatic carbocycles. The highest BCUT2D eigenvalue weighted by molar-refractivity contribution is 5.39. The van der Waals surface area contributed by atoms with Gasteiger partial charge in [-0.05, 0) is 48.9 Å². The molecule has 17 heavy (non-hydrogen) atoms. The highest BCUT2D eigenvalue weighted by Gasteiger charge is 2.20. The van der Waals surface area contributed by atoms with Gasteiger partial charge in [0.15, 0.2) is 0 Å². The molecule has 1 atom stereocenters. The number of benzene rings is 1. The Morgan fingerprint density at radius 1 is 1.29 bits per heavy atom. The van der Waals surface area contributed by atoms with Crippen molar-refractivity contribution in [2.45, 2.75) is 31.8 Å². The molecule has 1 aliphatic rings. The van der Waals surface area contributed by atoms with Crippen LogP contribution in [-0.4, -0.2) is 25.4 Å². The summed E-state index contributed by atoms with van der Waals surface area (Å²) in [5.41, 5.74) is 2.30. The fraction of sp³-hybridized carbons (Fsp3) is 0.571. The van der Waals surface area contributed by atoms with Gasteiger partial charge in [0, 0.05) is 13.7 Å². The molecule has 1 aromatic carbocycles. The first-order valence-electron chi connectivity index (χ1n) is 6.24. The number of fused-ring (bicyclic) bond motifs is 1. The zero-order chi connectivity index (χ0) is 12.1. The van der Waals surface area contributed by atoms with Crippen LogP contribution in [0.15, 0.2) is 18.2 Å². The van der Waals surface area contributed by atoms with Gasteiger partial charge in [-0.2, -0.15) is 0 Å². The normalized spacial score (nSPS) is 18.1. The molecule has 1 aromatic rings. The Labute approximate surface area is 102 Å². The van der Waals surface area contributed by atoms with Crippen LogP contribution in [0.5, 0.6) is 5.75 Å². The molecular weight excluding hydrogens is 216 g/mol. The molecule has 0 saturated carbocycles. The van der Waals surface area contributed by atoms with E-state index in [9.17, 15) is 5.11 Å². The second-order valence-corrected chi connectivity index (χ2v) is 4.46. The van der Waals surface area contributed by atoms with E-state index in [1.54, 1.807) is 7.11 Å². The van der Waals surface area contributed by atoms with Crippen molar-refractivity contribution >= 4 is 0 Å². The number of hydrogen-bond donors (Lipinski definition) is 1. The Bertz CT molecular complexity index is 362. The fourth-order valence-electron chi connectivity index (χ4n) is 2.20. The largest absolute Gasteiger partial charge is 0.494 e. The van der Waals surface area contributed by atoms with Gasteiger partial charge in [0.05, 0.1) is 12.7 Å². The number of aliphatic hydroxyl groups excluding tert-OH is 1. The smallest absolute Gasteiger partial charge is 0.119 e.